The lowest BCUT2D eigenvalue weighted by molar-refractivity contribution is -0.141. The highest BCUT2D eigenvalue weighted by Crippen LogP contribution is 2.33. The molecule has 2 rings (SSSR count). The Morgan fingerprint density at radius 2 is 1.85 bits per heavy atom. The highest BCUT2D eigenvalue weighted by Gasteiger charge is 2.36. The normalized spacial score (nSPS) is 17.1. The molecule has 1 aromatic heterocycles. The van der Waals surface area contributed by atoms with E-state index in [-0.39, 0.29) is 0 Å². The summed E-state index contributed by atoms with van der Waals surface area (Å²) in [6, 6.07) is 2.88. The summed E-state index contributed by atoms with van der Waals surface area (Å²) < 4.78 is 62.1. The van der Waals surface area contributed by atoms with E-state index >= 15 is 0 Å². The first-order valence-corrected chi connectivity index (χ1v) is 7.53. The Morgan fingerprint density at radius 3 is 2.35 bits per heavy atom. The second kappa shape index (κ2) is 5.05. The van der Waals surface area contributed by atoms with Crippen LogP contribution >= 0.6 is 0 Å². The molecule has 0 spiro atoms. The fraction of sp³-hybridized carbons (Fsp3) is 0.500. The van der Waals surface area contributed by atoms with E-state index in [1.165, 1.54) is 6.07 Å². The number of rotatable bonds is 2. The van der Waals surface area contributed by atoms with Crippen LogP contribution in [0.5, 0.6) is 0 Å². The highest BCUT2D eigenvalue weighted by atomic mass is 32.2. The number of nitriles is 1. The van der Waals surface area contributed by atoms with Gasteiger partial charge in [-0.2, -0.15) is 18.4 Å². The molecule has 0 saturated heterocycles. The standard InChI is InChI=1S/C12H11F3N2O2S/c13-12(14,15)11-6-5-10(9(7-16)17-11)20(18,19)8-3-1-2-4-8/h5-6,8H,1-4H2. The fourth-order valence-electron chi connectivity index (χ4n) is 2.29. The average molecular weight is 304 g/mol. The van der Waals surface area contributed by atoms with E-state index in [4.69, 9.17) is 5.26 Å². The molecule has 4 nitrogen and oxygen atoms in total. The van der Waals surface area contributed by atoms with Crippen LogP contribution in [0.2, 0.25) is 0 Å². The van der Waals surface area contributed by atoms with Gasteiger partial charge in [-0.25, -0.2) is 13.4 Å². The molecule has 0 N–H and O–H groups in total. The maximum absolute atomic E-state index is 12.5. The van der Waals surface area contributed by atoms with Gasteiger partial charge in [-0.05, 0) is 25.0 Å². The summed E-state index contributed by atoms with van der Waals surface area (Å²) in [6.07, 6.45) is -2.25. The Morgan fingerprint density at radius 1 is 1.25 bits per heavy atom. The first-order valence-electron chi connectivity index (χ1n) is 5.99. The van der Waals surface area contributed by atoms with Crippen LogP contribution in [0.15, 0.2) is 17.0 Å². The first kappa shape index (κ1) is 14.8. The minimum absolute atomic E-state index is 0.403. The minimum Gasteiger partial charge on any atom is -0.231 e. The molecule has 1 fully saturated rings. The van der Waals surface area contributed by atoms with E-state index in [2.05, 4.69) is 4.98 Å². The van der Waals surface area contributed by atoms with Crippen molar-refractivity contribution in [3.05, 3.63) is 23.5 Å². The Labute approximate surface area is 114 Å². The zero-order valence-corrected chi connectivity index (χ0v) is 11.1. The van der Waals surface area contributed by atoms with Gasteiger partial charge in [0.25, 0.3) is 0 Å². The summed E-state index contributed by atoms with van der Waals surface area (Å²) in [5.74, 6) is 0. The molecule has 1 aliphatic rings. The van der Waals surface area contributed by atoms with Crippen LogP contribution in [0, 0.1) is 11.3 Å². The second-order valence-corrected chi connectivity index (χ2v) is 6.80. The van der Waals surface area contributed by atoms with Crippen LogP contribution in [0.4, 0.5) is 13.2 Å². The minimum atomic E-state index is -4.71. The molecule has 0 unspecified atom stereocenters. The SMILES string of the molecule is N#Cc1nc(C(F)(F)F)ccc1S(=O)(=O)C1CCCC1. The Balaban J connectivity index is 2.50. The molecule has 1 aromatic rings. The van der Waals surface area contributed by atoms with Crippen molar-refractivity contribution in [2.45, 2.75) is 42.0 Å². The maximum atomic E-state index is 12.5. The number of sulfone groups is 1. The van der Waals surface area contributed by atoms with Gasteiger partial charge in [0.05, 0.1) is 5.25 Å². The molecule has 0 aromatic carbocycles. The van der Waals surface area contributed by atoms with Gasteiger partial charge in [-0.1, -0.05) is 12.8 Å². The molecule has 0 atom stereocenters. The van der Waals surface area contributed by atoms with Crippen LogP contribution in [0.3, 0.4) is 0 Å². The van der Waals surface area contributed by atoms with Crippen molar-refractivity contribution in [3.8, 4) is 6.07 Å². The summed E-state index contributed by atoms with van der Waals surface area (Å²) >= 11 is 0. The van der Waals surface area contributed by atoms with Gasteiger partial charge in [-0.3, -0.25) is 0 Å². The summed E-state index contributed by atoms with van der Waals surface area (Å²) in [6.45, 7) is 0. The summed E-state index contributed by atoms with van der Waals surface area (Å²) in [7, 11) is -3.80. The molecule has 108 valence electrons. The molecule has 0 amide bonds. The summed E-state index contributed by atoms with van der Waals surface area (Å²) in [4.78, 5) is 2.73. The second-order valence-electron chi connectivity index (χ2n) is 4.60. The molecule has 20 heavy (non-hydrogen) atoms. The number of nitrogens with zero attached hydrogens (tertiary/aromatic N) is 2. The van der Waals surface area contributed by atoms with Gasteiger partial charge >= 0.3 is 6.18 Å². The lowest BCUT2D eigenvalue weighted by atomic mass is 10.3. The van der Waals surface area contributed by atoms with Crippen LogP contribution in [0.1, 0.15) is 37.1 Å². The number of pyridine rings is 1. The van der Waals surface area contributed by atoms with Gasteiger partial charge in [0.2, 0.25) is 0 Å². The highest BCUT2D eigenvalue weighted by molar-refractivity contribution is 7.92. The largest absolute Gasteiger partial charge is 0.433 e. The van der Waals surface area contributed by atoms with Crippen molar-refractivity contribution in [2.24, 2.45) is 0 Å². The van der Waals surface area contributed by atoms with Crippen LogP contribution in [-0.2, 0) is 16.0 Å². The van der Waals surface area contributed by atoms with Gasteiger partial charge in [0.1, 0.15) is 16.7 Å². The maximum Gasteiger partial charge on any atom is 0.433 e. The number of hydrogen-bond acceptors (Lipinski definition) is 4. The zero-order valence-electron chi connectivity index (χ0n) is 10.3. The van der Waals surface area contributed by atoms with Crippen molar-refractivity contribution in [1.82, 2.24) is 4.98 Å². The third-order valence-electron chi connectivity index (χ3n) is 3.30. The Hall–Kier alpha value is -1.62. The fourth-order valence-corrected chi connectivity index (χ4v) is 4.22. The van der Waals surface area contributed by atoms with Crippen molar-refractivity contribution in [2.75, 3.05) is 0 Å². The van der Waals surface area contributed by atoms with Gasteiger partial charge in [-0.15, -0.1) is 0 Å². The van der Waals surface area contributed by atoms with Crippen molar-refractivity contribution >= 4 is 9.84 Å². The molecule has 0 bridgehead atoms. The molecule has 0 aliphatic heterocycles. The number of aromatic nitrogens is 1. The smallest absolute Gasteiger partial charge is 0.231 e. The Kier molecular flexibility index (Phi) is 3.73. The number of halogens is 3. The van der Waals surface area contributed by atoms with E-state index in [9.17, 15) is 21.6 Å². The van der Waals surface area contributed by atoms with Crippen LogP contribution in [0.25, 0.3) is 0 Å². The van der Waals surface area contributed by atoms with E-state index in [1.807, 2.05) is 0 Å². The van der Waals surface area contributed by atoms with Gasteiger partial charge < -0.3 is 0 Å². The Bertz CT molecular complexity index is 656. The quantitative estimate of drug-likeness (QED) is 0.842. The molecule has 8 heteroatoms. The molecular weight excluding hydrogens is 293 g/mol. The molecular formula is C12H11F3N2O2S. The summed E-state index contributed by atoms with van der Waals surface area (Å²) in [5.41, 5.74) is -1.95. The molecule has 1 aliphatic carbocycles. The third-order valence-corrected chi connectivity index (χ3v) is 5.59. The molecule has 1 heterocycles. The van der Waals surface area contributed by atoms with E-state index < -0.39 is 37.5 Å². The van der Waals surface area contributed by atoms with Crippen LogP contribution < -0.4 is 0 Å². The van der Waals surface area contributed by atoms with Crippen LogP contribution in [-0.4, -0.2) is 18.7 Å². The lowest BCUT2D eigenvalue weighted by Gasteiger charge is -2.13. The zero-order chi connectivity index (χ0) is 15.0. The van der Waals surface area contributed by atoms with Gasteiger partial charge in [0.15, 0.2) is 15.5 Å². The van der Waals surface area contributed by atoms with Crippen molar-refractivity contribution < 1.29 is 21.6 Å². The average Bonchev–Trinajstić information content (AvgIpc) is 2.91. The van der Waals surface area contributed by atoms with Crippen molar-refractivity contribution in [1.29, 1.82) is 5.26 Å². The van der Waals surface area contributed by atoms with E-state index in [0.717, 1.165) is 18.9 Å². The monoisotopic (exact) mass is 304 g/mol. The first-order chi connectivity index (χ1) is 9.26. The van der Waals surface area contributed by atoms with Gasteiger partial charge in [0, 0.05) is 0 Å². The summed E-state index contributed by atoms with van der Waals surface area (Å²) in [5, 5.41) is 8.24. The predicted molar refractivity (Wildman–Crippen MR) is 63.4 cm³/mol. The molecule has 0 radical (unpaired) electrons. The predicted octanol–water partition coefficient (Wildman–Crippen LogP) is 2.69. The number of alkyl halides is 3. The molecule has 1 saturated carbocycles. The number of hydrogen-bond donors (Lipinski definition) is 0. The third kappa shape index (κ3) is 2.63. The van der Waals surface area contributed by atoms with E-state index in [0.29, 0.717) is 18.9 Å². The van der Waals surface area contributed by atoms with E-state index in [1.54, 1.807) is 0 Å². The van der Waals surface area contributed by atoms with Crippen molar-refractivity contribution in [3.63, 3.8) is 0 Å². The lowest BCUT2D eigenvalue weighted by Crippen LogP contribution is -2.20. The topological polar surface area (TPSA) is 70.8 Å².